The minimum absolute atomic E-state index is 0.00289. The molecular weight excluding hydrogens is 361 g/mol. The lowest BCUT2D eigenvalue weighted by atomic mass is 10.1. The van der Waals surface area contributed by atoms with E-state index in [1.807, 2.05) is 11.5 Å². The van der Waals surface area contributed by atoms with Crippen LogP contribution in [0, 0.1) is 19.7 Å². The first-order chi connectivity index (χ1) is 12.2. The lowest BCUT2D eigenvalue weighted by Gasteiger charge is -2.22. The molecule has 1 aromatic carbocycles. The fraction of sp³-hybridized carbons (Fsp3) is 0.167. The summed E-state index contributed by atoms with van der Waals surface area (Å²) in [5.74, 6) is -1.93. The van der Waals surface area contributed by atoms with Crippen molar-refractivity contribution in [1.29, 1.82) is 0 Å². The number of carbonyl (C=O) groups excluding carboxylic acids is 3. The van der Waals surface area contributed by atoms with Crippen LogP contribution in [0.5, 0.6) is 0 Å². The van der Waals surface area contributed by atoms with E-state index in [2.05, 4.69) is 5.32 Å². The molecule has 0 bridgehead atoms. The molecule has 1 fully saturated rings. The molecule has 3 rings (SSSR count). The summed E-state index contributed by atoms with van der Waals surface area (Å²) in [5, 5.41) is 2.11. The van der Waals surface area contributed by atoms with Crippen LogP contribution in [0.1, 0.15) is 17.0 Å². The number of aryl methyl sites for hydroxylation is 1. The van der Waals surface area contributed by atoms with Crippen molar-refractivity contribution < 1.29 is 18.8 Å². The Morgan fingerprint density at radius 2 is 1.85 bits per heavy atom. The van der Waals surface area contributed by atoms with E-state index in [0.29, 0.717) is 11.3 Å². The predicted octanol–water partition coefficient (Wildman–Crippen LogP) is 2.98. The average Bonchev–Trinajstić information content (AvgIpc) is 2.86. The molecule has 0 spiro atoms. The third kappa shape index (κ3) is 2.90. The van der Waals surface area contributed by atoms with Crippen LogP contribution >= 0.6 is 11.6 Å². The first-order valence-corrected chi connectivity index (χ1v) is 8.08. The molecule has 26 heavy (non-hydrogen) atoms. The maximum atomic E-state index is 13.4. The van der Waals surface area contributed by atoms with E-state index >= 15 is 0 Å². The normalized spacial score (nSPS) is 16.4. The van der Waals surface area contributed by atoms with Gasteiger partial charge in [-0.25, -0.2) is 9.18 Å². The van der Waals surface area contributed by atoms with Crippen LogP contribution in [-0.2, 0) is 9.59 Å². The van der Waals surface area contributed by atoms with E-state index in [-0.39, 0.29) is 10.6 Å². The Balaban J connectivity index is 2.08. The number of nitrogens with one attached hydrogen (secondary N) is 1. The van der Waals surface area contributed by atoms with E-state index in [4.69, 9.17) is 11.6 Å². The van der Waals surface area contributed by atoms with Gasteiger partial charge in [0.05, 0.1) is 5.02 Å². The van der Waals surface area contributed by atoms with Crippen molar-refractivity contribution in [2.45, 2.75) is 13.8 Å². The second kappa shape index (κ2) is 6.42. The number of imide groups is 2. The zero-order valence-corrected chi connectivity index (χ0v) is 15.0. The number of carbonyl (C=O) groups is 3. The molecule has 1 aliphatic heterocycles. The van der Waals surface area contributed by atoms with Gasteiger partial charge in [-0.1, -0.05) is 11.6 Å². The van der Waals surface area contributed by atoms with Crippen LogP contribution in [0.25, 0.3) is 11.8 Å². The number of hydrogen-bond donors (Lipinski definition) is 1. The number of halogens is 2. The summed E-state index contributed by atoms with van der Waals surface area (Å²) in [7, 11) is 1.29. The lowest BCUT2D eigenvalue weighted by molar-refractivity contribution is -0.129. The van der Waals surface area contributed by atoms with Crippen molar-refractivity contribution in [3.63, 3.8) is 0 Å². The fourth-order valence-corrected chi connectivity index (χ4v) is 3.03. The van der Waals surface area contributed by atoms with Crippen LogP contribution < -0.4 is 5.32 Å². The first-order valence-electron chi connectivity index (χ1n) is 7.70. The summed E-state index contributed by atoms with van der Waals surface area (Å²) >= 11 is 5.86. The van der Waals surface area contributed by atoms with Crippen LogP contribution in [-0.4, -0.2) is 34.4 Å². The smallest absolute Gasteiger partial charge is 0.318 e. The van der Waals surface area contributed by atoms with Gasteiger partial charge in [-0.2, -0.15) is 0 Å². The molecule has 0 radical (unpaired) electrons. The SMILES string of the molecule is Cc1cc(C=C2C(=O)NC(=O)N(C)C2=O)c(C)n1-c1ccc(F)c(Cl)c1. The standard InChI is InChI=1S/C18H15ClFN3O3/c1-9-6-11(7-13-16(24)21-18(26)22(3)17(13)25)10(2)23(9)12-4-5-15(20)14(19)8-12/h4-8H,1-3H3,(H,21,24,26). The van der Waals surface area contributed by atoms with E-state index in [1.54, 1.807) is 19.1 Å². The monoisotopic (exact) mass is 375 g/mol. The molecule has 1 saturated heterocycles. The summed E-state index contributed by atoms with van der Waals surface area (Å²) in [6.07, 6.45) is 1.44. The van der Waals surface area contributed by atoms with Crippen molar-refractivity contribution in [1.82, 2.24) is 14.8 Å². The molecule has 6 nitrogen and oxygen atoms in total. The number of benzene rings is 1. The fourth-order valence-electron chi connectivity index (χ4n) is 2.86. The first kappa shape index (κ1) is 17.9. The number of hydrogen-bond acceptors (Lipinski definition) is 3. The third-order valence-corrected chi connectivity index (χ3v) is 4.53. The van der Waals surface area contributed by atoms with Gasteiger partial charge in [0.2, 0.25) is 0 Å². The van der Waals surface area contributed by atoms with E-state index in [1.165, 1.54) is 25.3 Å². The Morgan fingerprint density at radius 1 is 1.15 bits per heavy atom. The van der Waals surface area contributed by atoms with Crippen molar-refractivity contribution in [2.24, 2.45) is 0 Å². The third-order valence-electron chi connectivity index (χ3n) is 4.24. The molecular formula is C18H15ClFN3O3. The number of nitrogens with zero attached hydrogens (tertiary/aromatic N) is 2. The van der Waals surface area contributed by atoms with Gasteiger partial charge in [0.25, 0.3) is 11.8 Å². The van der Waals surface area contributed by atoms with E-state index < -0.39 is 23.7 Å². The number of aromatic nitrogens is 1. The Bertz CT molecular complexity index is 994. The summed E-state index contributed by atoms with van der Waals surface area (Å²) in [6, 6.07) is 5.38. The van der Waals surface area contributed by atoms with E-state index in [0.717, 1.165) is 16.3 Å². The highest BCUT2D eigenvalue weighted by molar-refractivity contribution is 6.31. The Hall–Kier alpha value is -2.93. The summed E-state index contributed by atoms with van der Waals surface area (Å²) in [5.41, 5.74) is 2.69. The van der Waals surface area contributed by atoms with Gasteiger partial charge in [0.15, 0.2) is 0 Å². The van der Waals surface area contributed by atoms with Crippen molar-refractivity contribution in [3.05, 3.63) is 57.6 Å². The zero-order chi connectivity index (χ0) is 19.2. The van der Waals surface area contributed by atoms with Crippen molar-refractivity contribution >= 4 is 35.5 Å². The van der Waals surface area contributed by atoms with Gasteiger partial charge in [-0.05, 0) is 49.8 Å². The highest BCUT2D eigenvalue weighted by atomic mass is 35.5. The Morgan fingerprint density at radius 3 is 2.50 bits per heavy atom. The van der Waals surface area contributed by atoms with Crippen LogP contribution in [0.3, 0.4) is 0 Å². The highest BCUT2D eigenvalue weighted by Crippen LogP contribution is 2.26. The van der Waals surface area contributed by atoms with Gasteiger partial charge in [-0.3, -0.25) is 19.8 Å². The molecule has 4 amide bonds. The summed E-state index contributed by atoms with van der Waals surface area (Å²) in [6.45, 7) is 3.64. The molecule has 8 heteroatoms. The summed E-state index contributed by atoms with van der Waals surface area (Å²) in [4.78, 5) is 36.5. The Kier molecular flexibility index (Phi) is 4.41. The van der Waals surface area contributed by atoms with Crippen molar-refractivity contribution in [3.8, 4) is 5.69 Å². The highest BCUT2D eigenvalue weighted by Gasteiger charge is 2.33. The number of urea groups is 1. The average molecular weight is 376 g/mol. The van der Waals surface area contributed by atoms with Crippen LogP contribution in [0.2, 0.25) is 5.02 Å². The second-order valence-corrected chi connectivity index (χ2v) is 6.35. The Labute approximate surface area is 153 Å². The molecule has 0 saturated carbocycles. The molecule has 0 aliphatic carbocycles. The molecule has 2 aromatic rings. The lowest BCUT2D eigenvalue weighted by Crippen LogP contribution is -2.52. The van der Waals surface area contributed by atoms with Crippen LogP contribution in [0.15, 0.2) is 29.8 Å². The van der Waals surface area contributed by atoms with E-state index in [9.17, 15) is 18.8 Å². The van der Waals surface area contributed by atoms with Gasteiger partial charge in [0.1, 0.15) is 11.4 Å². The predicted molar refractivity (Wildman–Crippen MR) is 94.5 cm³/mol. The zero-order valence-electron chi connectivity index (χ0n) is 14.3. The minimum atomic E-state index is -0.761. The maximum absolute atomic E-state index is 13.4. The van der Waals surface area contributed by atoms with Crippen LogP contribution in [0.4, 0.5) is 9.18 Å². The van der Waals surface area contributed by atoms with Gasteiger partial charge < -0.3 is 4.57 Å². The van der Waals surface area contributed by atoms with Crippen molar-refractivity contribution in [2.75, 3.05) is 7.05 Å². The molecule has 1 N–H and O–H groups in total. The van der Waals surface area contributed by atoms with Gasteiger partial charge >= 0.3 is 6.03 Å². The molecule has 0 atom stereocenters. The largest absolute Gasteiger partial charge is 0.331 e. The molecule has 1 aromatic heterocycles. The number of rotatable bonds is 2. The maximum Gasteiger partial charge on any atom is 0.331 e. The molecule has 2 heterocycles. The molecule has 134 valence electrons. The van der Waals surface area contributed by atoms with Gasteiger partial charge in [0, 0.05) is 24.1 Å². The van der Waals surface area contributed by atoms with Gasteiger partial charge in [-0.15, -0.1) is 0 Å². The number of likely N-dealkylation sites (N-methyl/N-ethyl adjacent to an activating group) is 1. The second-order valence-electron chi connectivity index (χ2n) is 5.94. The molecule has 0 unspecified atom stereocenters. The summed E-state index contributed by atoms with van der Waals surface area (Å²) < 4.78 is 15.3. The molecule has 1 aliphatic rings. The topological polar surface area (TPSA) is 71.4 Å². The quantitative estimate of drug-likeness (QED) is 0.648. The number of barbiturate groups is 1. The number of amides is 4. The minimum Gasteiger partial charge on any atom is -0.318 e.